The molecule has 0 aliphatic heterocycles. The number of quaternary nitrogens is 1. The van der Waals surface area contributed by atoms with Crippen molar-refractivity contribution in [1.82, 2.24) is 14.5 Å². The van der Waals surface area contributed by atoms with Gasteiger partial charge in [-0.25, -0.2) is 0 Å². The lowest BCUT2D eigenvalue weighted by molar-refractivity contribution is -0.259. The van der Waals surface area contributed by atoms with Crippen LogP contribution < -0.4 is 19.1 Å². The number of benzene rings is 1. The van der Waals surface area contributed by atoms with Gasteiger partial charge < -0.3 is 19.4 Å². The van der Waals surface area contributed by atoms with Crippen molar-refractivity contribution in [2.45, 2.75) is 0 Å². The van der Waals surface area contributed by atoms with E-state index in [0.717, 1.165) is 0 Å². The van der Waals surface area contributed by atoms with Crippen LogP contribution in [0.1, 0.15) is 0 Å². The summed E-state index contributed by atoms with van der Waals surface area (Å²) >= 11 is 0. The number of methoxy groups -OCH3 is 2. The summed E-state index contributed by atoms with van der Waals surface area (Å²) in [5.41, 5.74) is 0.452. The minimum absolute atomic E-state index is 0.0163. The van der Waals surface area contributed by atoms with Crippen LogP contribution >= 0.6 is 0 Å². The van der Waals surface area contributed by atoms with Crippen LogP contribution in [0.25, 0.3) is 0 Å². The van der Waals surface area contributed by atoms with Crippen LogP contribution in [0.5, 0.6) is 11.8 Å². The van der Waals surface area contributed by atoms with Gasteiger partial charge in [0.05, 0.1) is 27.3 Å². The first kappa shape index (κ1) is 14.7. The van der Waals surface area contributed by atoms with E-state index in [0.29, 0.717) is 5.69 Å². The summed E-state index contributed by atoms with van der Waals surface area (Å²) in [6.45, 7) is 0. The van der Waals surface area contributed by atoms with Crippen LogP contribution in [-0.4, -0.2) is 37.3 Å². The standard InChI is InChI=1S/C14H15N3O4/c1-17(14(18)19,10-7-5-4-6-8-10)13-15-11(20-2)9-12(16-13)21-3/h4-9H,1-3H3. The van der Waals surface area contributed by atoms with Crippen molar-refractivity contribution >= 4 is 17.7 Å². The van der Waals surface area contributed by atoms with Crippen LogP contribution in [0, 0.1) is 0 Å². The van der Waals surface area contributed by atoms with Gasteiger partial charge in [-0.2, -0.15) is 4.48 Å². The van der Waals surface area contributed by atoms with Crippen LogP contribution in [0.15, 0.2) is 36.4 Å². The van der Waals surface area contributed by atoms with Gasteiger partial charge in [0, 0.05) is 12.1 Å². The maximum absolute atomic E-state index is 11.7. The fourth-order valence-corrected chi connectivity index (χ4v) is 1.83. The molecule has 0 saturated carbocycles. The van der Waals surface area contributed by atoms with E-state index in [1.165, 1.54) is 27.3 Å². The highest BCUT2D eigenvalue weighted by atomic mass is 16.5. The molecule has 0 radical (unpaired) electrons. The summed E-state index contributed by atoms with van der Waals surface area (Å²) in [4.78, 5) is 19.9. The molecule has 0 spiro atoms. The van der Waals surface area contributed by atoms with Crippen molar-refractivity contribution in [3.63, 3.8) is 0 Å². The van der Waals surface area contributed by atoms with Crippen LogP contribution in [0.4, 0.5) is 16.4 Å². The lowest BCUT2D eigenvalue weighted by atomic mass is 10.2. The molecule has 0 saturated heterocycles. The third-order valence-electron chi connectivity index (χ3n) is 3.12. The lowest BCUT2D eigenvalue weighted by Crippen LogP contribution is -2.54. The van der Waals surface area contributed by atoms with E-state index < -0.39 is 10.6 Å². The third-order valence-corrected chi connectivity index (χ3v) is 3.12. The number of hydrogen-bond donors (Lipinski definition) is 0. The number of carbonyl (C=O) groups excluding carboxylic acids is 1. The number of ether oxygens (including phenoxy) is 2. The Bertz CT molecular complexity index is 626. The Morgan fingerprint density at radius 2 is 1.62 bits per heavy atom. The Morgan fingerprint density at radius 1 is 1.10 bits per heavy atom. The molecule has 7 nitrogen and oxygen atoms in total. The van der Waals surface area contributed by atoms with Crippen LogP contribution in [0.3, 0.4) is 0 Å². The molecule has 1 amide bonds. The van der Waals surface area contributed by atoms with Crippen LogP contribution in [0.2, 0.25) is 0 Å². The molecule has 21 heavy (non-hydrogen) atoms. The average molecular weight is 289 g/mol. The molecule has 2 aromatic rings. The first-order valence-corrected chi connectivity index (χ1v) is 6.13. The molecular formula is C14H15N3O4. The number of carboxylic acid groups (broad SMARTS) is 1. The highest BCUT2D eigenvalue weighted by Gasteiger charge is 2.35. The molecule has 7 heteroatoms. The molecule has 0 bridgehead atoms. The van der Waals surface area contributed by atoms with Gasteiger partial charge in [-0.1, -0.05) is 18.2 Å². The van der Waals surface area contributed by atoms with Gasteiger partial charge in [0.25, 0.3) is 6.09 Å². The van der Waals surface area contributed by atoms with Crippen molar-refractivity contribution in [1.29, 1.82) is 0 Å². The van der Waals surface area contributed by atoms with Crippen molar-refractivity contribution in [3.05, 3.63) is 36.4 Å². The van der Waals surface area contributed by atoms with Gasteiger partial charge in [0.15, 0.2) is 0 Å². The first-order chi connectivity index (χ1) is 10.0. The zero-order valence-electron chi connectivity index (χ0n) is 11.9. The second-order valence-electron chi connectivity index (χ2n) is 4.36. The Morgan fingerprint density at radius 3 is 2.05 bits per heavy atom. The summed E-state index contributed by atoms with van der Waals surface area (Å²) in [5.74, 6) is 0.397. The second kappa shape index (κ2) is 5.76. The van der Waals surface area contributed by atoms with E-state index in [1.807, 2.05) is 0 Å². The third kappa shape index (κ3) is 2.63. The Hall–Kier alpha value is -2.67. The molecule has 0 aliphatic carbocycles. The van der Waals surface area contributed by atoms with Crippen molar-refractivity contribution < 1.29 is 19.4 Å². The minimum atomic E-state index is -1.36. The van der Waals surface area contributed by atoms with Crippen molar-refractivity contribution in [2.24, 2.45) is 0 Å². The van der Waals surface area contributed by atoms with Crippen LogP contribution in [-0.2, 0) is 0 Å². The smallest absolute Gasteiger partial charge is 0.346 e. The number of amides is 1. The highest BCUT2D eigenvalue weighted by Crippen LogP contribution is 2.32. The van der Waals surface area contributed by atoms with E-state index in [4.69, 9.17) is 9.47 Å². The number of aromatic nitrogens is 2. The van der Waals surface area contributed by atoms with Gasteiger partial charge in [0.1, 0.15) is 5.69 Å². The topological polar surface area (TPSA) is 84.4 Å². The number of para-hydroxylation sites is 1. The lowest BCUT2D eigenvalue weighted by Gasteiger charge is -2.30. The molecular weight excluding hydrogens is 274 g/mol. The van der Waals surface area contributed by atoms with E-state index in [1.54, 1.807) is 30.3 Å². The second-order valence-corrected chi connectivity index (χ2v) is 4.36. The maximum atomic E-state index is 11.7. The van der Waals surface area contributed by atoms with Crippen molar-refractivity contribution in [2.75, 3.05) is 21.3 Å². The molecule has 1 heterocycles. The van der Waals surface area contributed by atoms with Crippen molar-refractivity contribution in [3.8, 4) is 11.8 Å². The zero-order chi connectivity index (χ0) is 15.5. The normalized spacial score (nSPS) is 13.3. The van der Waals surface area contributed by atoms with E-state index in [2.05, 4.69) is 9.97 Å². The maximum Gasteiger partial charge on any atom is 0.346 e. The van der Waals surface area contributed by atoms with E-state index in [9.17, 15) is 9.90 Å². The van der Waals surface area contributed by atoms with Gasteiger partial charge in [-0.3, -0.25) is 0 Å². The largest absolute Gasteiger partial charge is 0.498 e. The monoisotopic (exact) mass is 289 g/mol. The fourth-order valence-electron chi connectivity index (χ4n) is 1.83. The Kier molecular flexibility index (Phi) is 4.04. The SMILES string of the molecule is COc1cc(OC)nc([N+](C)(C(=O)[O-])c2ccccc2)n1. The van der Waals surface area contributed by atoms with Gasteiger partial charge in [-0.05, 0) is 0 Å². The molecule has 1 aromatic heterocycles. The number of carbonyl (C=O) groups is 1. The molecule has 110 valence electrons. The summed E-state index contributed by atoms with van der Waals surface area (Å²) in [5, 5.41) is 11.7. The number of nitrogens with zero attached hydrogens (tertiary/aromatic N) is 3. The summed E-state index contributed by atoms with van der Waals surface area (Å²) in [6, 6.07) is 10.0. The predicted octanol–water partition coefficient (Wildman–Crippen LogP) is 1.11. The minimum Gasteiger partial charge on any atom is -0.498 e. The summed E-state index contributed by atoms with van der Waals surface area (Å²) in [6.07, 6.45) is -1.36. The summed E-state index contributed by atoms with van der Waals surface area (Å²) in [7, 11) is 4.29. The molecule has 0 fully saturated rings. The van der Waals surface area contributed by atoms with Gasteiger partial charge >= 0.3 is 5.95 Å². The molecule has 1 aromatic carbocycles. The molecule has 1 atom stereocenters. The van der Waals surface area contributed by atoms with E-state index >= 15 is 0 Å². The van der Waals surface area contributed by atoms with Gasteiger partial charge in [-0.15, -0.1) is 9.97 Å². The highest BCUT2D eigenvalue weighted by molar-refractivity contribution is 5.84. The molecule has 0 N–H and O–H groups in total. The van der Waals surface area contributed by atoms with E-state index in [-0.39, 0.29) is 17.7 Å². The average Bonchev–Trinajstić information content (AvgIpc) is 2.54. The summed E-state index contributed by atoms with van der Waals surface area (Å²) < 4.78 is 9.38. The number of hydrogen-bond acceptors (Lipinski definition) is 6. The molecule has 2 rings (SSSR count). The Balaban J connectivity index is 2.66. The Labute approximate surface area is 122 Å². The molecule has 0 aliphatic rings. The fraction of sp³-hybridized carbons (Fsp3) is 0.214. The van der Waals surface area contributed by atoms with Gasteiger partial charge in [0.2, 0.25) is 11.8 Å². The number of rotatable bonds is 4. The quantitative estimate of drug-likeness (QED) is 0.784. The predicted molar refractivity (Wildman–Crippen MR) is 74.4 cm³/mol. The zero-order valence-corrected chi connectivity index (χ0v) is 11.9. The first-order valence-electron chi connectivity index (χ1n) is 6.13. The molecule has 1 unspecified atom stereocenters.